The van der Waals surface area contributed by atoms with Crippen molar-refractivity contribution in [2.45, 2.75) is 39.2 Å². The van der Waals surface area contributed by atoms with E-state index in [1.165, 1.54) is 11.1 Å². The van der Waals surface area contributed by atoms with Crippen LogP contribution in [0.5, 0.6) is 5.75 Å². The lowest BCUT2D eigenvalue weighted by Gasteiger charge is -2.35. The fourth-order valence-corrected chi connectivity index (χ4v) is 3.04. The first-order valence-corrected chi connectivity index (χ1v) is 7.80. The van der Waals surface area contributed by atoms with Gasteiger partial charge in [-0.1, -0.05) is 32.9 Å². The molecule has 1 N–H and O–H groups in total. The molecule has 1 atom stereocenters. The smallest absolute Gasteiger partial charge is 0.123 e. The van der Waals surface area contributed by atoms with Crippen molar-refractivity contribution >= 4 is 0 Å². The van der Waals surface area contributed by atoms with Crippen LogP contribution in [0.15, 0.2) is 18.2 Å². The molecule has 0 aliphatic carbocycles. The molecule has 1 saturated heterocycles. The lowest BCUT2D eigenvalue weighted by Crippen LogP contribution is -2.45. The third-order valence-electron chi connectivity index (χ3n) is 4.26. The van der Waals surface area contributed by atoms with E-state index in [1.54, 1.807) is 7.11 Å². The Morgan fingerprint density at radius 1 is 1.25 bits per heavy atom. The highest BCUT2D eigenvalue weighted by molar-refractivity contribution is 5.40. The lowest BCUT2D eigenvalue weighted by atomic mass is 9.94. The van der Waals surface area contributed by atoms with Gasteiger partial charge in [-0.3, -0.25) is 4.90 Å². The molecule has 0 bridgehead atoms. The third kappa shape index (κ3) is 3.33. The maximum Gasteiger partial charge on any atom is 0.123 e. The average molecular weight is 276 g/mol. The largest absolute Gasteiger partial charge is 0.496 e. The summed E-state index contributed by atoms with van der Waals surface area (Å²) in [5, 5.41) is 3.43. The van der Waals surface area contributed by atoms with Crippen molar-refractivity contribution in [3.8, 4) is 5.75 Å². The number of benzene rings is 1. The second-order valence-electron chi connectivity index (χ2n) is 5.87. The van der Waals surface area contributed by atoms with E-state index in [1.807, 2.05) is 0 Å². The lowest BCUT2D eigenvalue weighted by molar-refractivity contribution is 0.166. The molecule has 1 heterocycles. The van der Waals surface area contributed by atoms with Crippen molar-refractivity contribution in [3.05, 3.63) is 29.3 Å². The van der Waals surface area contributed by atoms with Gasteiger partial charge >= 0.3 is 0 Å². The number of hydrogen-bond acceptors (Lipinski definition) is 3. The fourth-order valence-electron chi connectivity index (χ4n) is 3.04. The van der Waals surface area contributed by atoms with Gasteiger partial charge in [0.25, 0.3) is 0 Å². The van der Waals surface area contributed by atoms with Crippen LogP contribution < -0.4 is 10.1 Å². The standard InChI is InChI=1S/C17H28N2O/c1-5-16(19-10-8-18-9-11-19)15-12-14(13(2)3)6-7-17(15)20-4/h6-7,12-13,16,18H,5,8-11H2,1-4H3/t16-/m1/s1. The van der Waals surface area contributed by atoms with E-state index in [0.717, 1.165) is 38.3 Å². The minimum absolute atomic E-state index is 0.464. The van der Waals surface area contributed by atoms with Crippen LogP contribution in [0.2, 0.25) is 0 Å². The Labute approximate surface area is 123 Å². The van der Waals surface area contributed by atoms with Crippen LogP contribution in [0.25, 0.3) is 0 Å². The summed E-state index contributed by atoms with van der Waals surface area (Å²) in [7, 11) is 1.78. The van der Waals surface area contributed by atoms with E-state index in [9.17, 15) is 0 Å². The Hall–Kier alpha value is -1.06. The summed E-state index contributed by atoms with van der Waals surface area (Å²) < 4.78 is 5.61. The quantitative estimate of drug-likeness (QED) is 0.894. The number of hydrogen-bond donors (Lipinski definition) is 1. The summed E-state index contributed by atoms with van der Waals surface area (Å²) in [4.78, 5) is 2.58. The molecular weight excluding hydrogens is 248 g/mol. The van der Waals surface area contributed by atoms with E-state index in [-0.39, 0.29) is 0 Å². The molecule has 0 spiro atoms. The second-order valence-corrected chi connectivity index (χ2v) is 5.87. The molecule has 1 aromatic carbocycles. The highest BCUT2D eigenvalue weighted by atomic mass is 16.5. The molecule has 0 aromatic heterocycles. The normalized spacial score (nSPS) is 18.2. The molecule has 0 saturated carbocycles. The van der Waals surface area contributed by atoms with E-state index < -0.39 is 0 Å². The van der Waals surface area contributed by atoms with Crippen molar-refractivity contribution in [1.29, 1.82) is 0 Å². The van der Waals surface area contributed by atoms with Gasteiger partial charge in [-0.05, 0) is 24.0 Å². The van der Waals surface area contributed by atoms with Gasteiger partial charge in [-0.25, -0.2) is 0 Å². The van der Waals surface area contributed by atoms with Gasteiger partial charge in [-0.2, -0.15) is 0 Å². The predicted octanol–water partition coefficient (Wildman–Crippen LogP) is 3.17. The molecule has 1 aliphatic heterocycles. The molecule has 3 nitrogen and oxygen atoms in total. The number of rotatable bonds is 5. The summed E-state index contributed by atoms with van der Waals surface area (Å²) in [6, 6.07) is 7.14. The van der Waals surface area contributed by atoms with E-state index in [2.05, 4.69) is 49.2 Å². The molecule has 1 fully saturated rings. The molecule has 2 rings (SSSR count). The topological polar surface area (TPSA) is 24.5 Å². The van der Waals surface area contributed by atoms with Crippen LogP contribution in [0.4, 0.5) is 0 Å². The van der Waals surface area contributed by atoms with E-state index in [0.29, 0.717) is 12.0 Å². The SMILES string of the molecule is CC[C@H](c1cc(C(C)C)ccc1OC)N1CCNCC1. The minimum atomic E-state index is 0.464. The van der Waals surface area contributed by atoms with Gasteiger partial charge in [0.2, 0.25) is 0 Å². The average Bonchev–Trinajstić information content (AvgIpc) is 2.49. The maximum absolute atomic E-state index is 5.61. The molecule has 0 radical (unpaired) electrons. The molecular formula is C17H28N2O. The van der Waals surface area contributed by atoms with Crippen molar-refractivity contribution in [2.24, 2.45) is 0 Å². The molecule has 0 unspecified atom stereocenters. The zero-order chi connectivity index (χ0) is 14.5. The Balaban J connectivity index is 2.32. The molecule has 1 aromatic rings. The van der Waals surface area contributed by atoms with Crippen LogP contribution in [-0.4, -0.2) is 38.2 Å². The first-order valence-electron chi connectivity index (χ1n) is 7.80. The van der Waals surface area contributed by atoms with Crippen LogP contribution in [0.1, 0.15) is 50.3 Å². The number of ether oxygens (including phenoxy) is 1. The first-order chi connectivity index (χ1) is 9.67. The third-order valence-corrected chi connectivity index (χ3v) is 4.26. The zero-order valence-electron chi connectivity index (χ0n) is 13.3. The predicted molar refractivity (Wildman–Crippen MR) is 84.6 cm³/mol. The number of piperazine rings is 1. The zero-order valence-corrected chi connectivity index (χ0v) is 13.3. The molecule has 20 heavy (non-hydrogen) atoms. The van der Waals surface area contributed by atoms with E-state index >= 15 is 0 Å². The highest BCUT2D eigenvalue weighted by Gasteiger charge is 2.23. The van der Waals surface area contributed by atoms with Crippen molar-refractivity contribution < 1.29 is 4.74 Å². The number of methoxy groups -OCH3 is 1. The van der Waals surface area contributed by atoms with Gasteiger partial charge in [0.15, 0.2) is 0 Å². The van der Waals surface area contributed by atoms with Gasteiger partial charge in [0, 0.05) is 37.8 Å². The Kier molecular flexibility index (Phi) is 5.44. The molecule has 3 heteroatoms. The summed E-state index contributed by atoms with van der Waals surface area (Å²) in [6.45, 7) is 11.2. The second kappa shape index (κ2) is 7.09. The van der Waals surface area contributed by atoms with Crippen molar-refractivity contribution in [2.75, 3.05) is 33.3 Å². The molecule has 112 valence electrons. The van der Waals surface area contributed by atoms with Crippen LogP contribution in [-0.2, 0) is 0 Å². The summed E-state index contributed by atoms with van der Waals surface area (Å²) in [6.07, 6.45) is 1.12. The minimum Gasteiger partial charge on any atom is -0.496 e. The molecule has 0 amide bonds. The van der Waals surface area contributed by atoms with E-state index in [4.69, 9.17) is 4.74 Å². The highest BCUT2D eigenvalue weighted by Crippen LogP contribution is 2.34. The van der Waals surface area contributed by atoms with Crippen LogP contribution in [0, 0.1) is 0 Å². The molecule has 1 aliphatic rings. The number of nitrogens with one attached hydrogen (secondary N) is 1. The number of nitrogens with zero attached hydrogens (tertiary/aromatic N) is 1. The van der Waals surface area contributed by atoms with Gasteiger partial charge in [-0.15, -0.1) is 0 Å². The van der Waals surface area contributed by atoms with Crippen molar-refractivity contribution in [3.63, 3.8) is 0 Å². The summed E-state index contributed by atoms with van der Waals surface area (Å²) in [5.74, 6) is 1.58. The fraction of sp³-hybridized carbons (Fsp3) is 0.647. The van der Waals surface area contributed by atoms with Crippen LogP contribution >= 0.6 is 0 Å². The van der Waals surface area contributed by atoms with Gasteiger partial charge < -0.3 is 10.1 Å². The summed E-state index contributed by atoms with van der Waals surface area (Å²) >= 11 is 0. The van der Waals surface area contributed by atoms with Crippen LogP contribution in [0.3, 0.4) is 0 Å². The van der Waals surface area contributed by atoms with Gasteiger partial charge in [0.1, 0.15) is 5.75 Å². The first kappa shape index (κ1) is 15.3. The van der Waals surface area contributed by atoms with Gasteiger partial charge in [0.05, 0.1) is 7.11 Å². The summed E-state index contributed by atoms with van der Waals surface area (Å²) in [5.41, 5.74) is 2.75. The monoisotopic (exact) mass is 276 g/mol. The maximum atomic E-state index is 5.61. The Bertz CT molecular complexity index is 425. The Morgan fingerprint density at radius 3 is 2.50 bits per heavy atom. The Morgan fingerprint density at radius 2 is 1.95 bits per heavy atom. The van der Waals surface area contributed by atoms with Crippen molar-refractivity contribution in [1.82, 2.24) is 10.2 Å².